The first-order valence-electron chi connectivity index (χ1n) is 8.40. The van der Waals surface area contributed by atoms with Crippen LogP contribution in [0.2, 0.25) is 0 Å². The molecule has 3 nitrogen and oxygen atoms in total. The third-order valence-electron chi connectivity index (χ3n) is 4.44. The van der Waals surface area contributed by atoms with Crippen molar-refractivity contribution < 1.29 is 17.4 Å². The van der Waals surface area contributed by atoms with Crippen molar-refractivity contribution in [1.29, 1.82) is 0 Å². The van der Waals surface area contributed by atoms with Gasteiger partial charge in [0, 0.05) is 33.6 Å². The van der Waals surface area contributed by atoms with E-state index in [0.29, 0.717) is 16.0 Å². The van der Waals surface area contributed by atoms with Gasteiger partial charge < -0.3 is 4.42 Å². The van der Waals surface area contributed by atoms with Crippen molar-refractivity contribution in [1.82, 2.24) is 0 Å². The normalized spacial score (nSPS) is 12.2. The monoisotopic (exact) mass is 396 g/mol. The minimum absolute atomic E-state index is 0.119. The molecule has 0 aliphatic rings. The maximum Gasteiger partial charge on any atom is 0.201 e. The molecule has 1 atom stereocenters. The first-order chi connectivity index (χ1) is 13.4. The summed E-state index contributed by atoms with van der Waals surface area (Å²) in [6.45, 7) is 0. The summed E-state index contributed by atoms with van der Waals surface area (Å²) in [4.78, 5) is 13.8. The third-order valence-corrected chi connectivity index (χ3v) is 5.37. The zero-order chi connectivity index (χ0) is 19.8. The highest BCUT2D eigenvalue weighted by atomic mass is 32.2. The average Bonchev–Trinajstić information content (AvgIpc) is 2.68. The molecule has 0 spiro atoms. The summed E-state index contributed by atoms with van der Waals surface area (Å²) in [7, 11) is -1.15. The molecule has 0 aliphatic heterocycles. The lowest BCUT2D eigenvalue weighted by Gasteiger charge is -2.11. The van der Waals surface area contributed by atoms with Crippen molar-refractivity contribution in [3.63, 3.8) is 0 Å². The molecule has 0 amide bonds. The van der Waals surface area contributed by atoms with Gasteiger partial charge in [-0.25, -0.2) is 8.78 Å². The van der Waals surface area contributed by atoms with Crippen LogP contribution in [0.4, 0.5) is 8.78 Å². The Hall–Kier alpha value is -3.12. The van der Waals surface area contributed by atoms with E-state index in [1.807, 2.05) is 0 Å². The largest absolute Gasteiger partial charge is 0.455 e. The first kappa shape index (κ1) is 18.3. The van der Waals surface area contributed by atoms with Crippen molar-refractivity contribution in [2.45, 2.75) is 4.90 Å². The average molecular weight is 396 g/mol. The maximum atomic E-state index is 13.7. The van der Waals surface area contributed by atoms with Crippen LogP contribution in [0.25, 0.3) is 33.4 Å². The topological polar surface area (TPSA) is 47.3 Å². The highest BCUT2D eigenvalue weighted by molar-refractivity contribution is 7.84. The Labute approximate surface area is 161 Å². The van der Waals surface area contributed by atoms with E-state index in [1.165, 1.54) is 36.4 Å². The van der Waals surface area contributed by atoms with E-state index in [2.05, 4.69) is 0 Å². The number of halogens is 2. The molecule has 28 heavy (non-hydrogen) atoms. The molecule has 6 heteroatoms. The highest BCUT2D eigenvalue weighted by Crippen LogP contribution is 2.33. The van der Waals surface area contributed by atoms with Gasteiger partial charge in [0.05, 0.1) is 10.9 Å². The van der Waals surface area contributed by atoms with Crippen molar-refractivity contribution in [3.05, 3.63) is 88.6 Å². The van der Waals surface area contributed by atoms with Gasteiger partial charge in [-0.2, -0.15) is 0 Å². The van der Waals surface area contributed by atoms with Gasteiger partial charge in [0.2, 0.25) is 5.43 Å². The van der Waals surface area contributed by atoms with Crippen molar-refractivity contribution in [2.75, 3.05) is 6.26 Å². The molecule has 140 valence electrons. The Bertz CT molecular complexity index is 1260. The second-order valence-corrected chi connectivity index (χ2v) is 7.64. The van der Waals surface area contributed by atoms with Crippen LogP contribution in [0, 0.1) is 11.6 Å². The first-order valence-corrected chi connectivity index (χ1v) is 9.96. The third kappa shape index (κ3) is 3.27. The van der Waals surface area contributed by atoms with Crippen LogP contribution in [-0.2, 0) is 10.8 Å². The highest BCUT2D eigenvalue weighted by Gasteiger charge is 2.18. The van der Waals surface area contributed by atoms with Crippen LogP contribution in [-0.4, -0.2) is 10.5 Å². The quantitative estimate of drug-likeness (QED) is 0.482. The Morgan fingerprint density at radius 3 is 2.07 bits per heavy atom. The molecule has 0 aliphatic carbocycles. The fourth-order valence-corrected chi connectivity index (χ4v) is 3.57. The van der Waals surface area contributed by atoms with E-state index in [0.717, 1.165) is 6.07 Å². The van der Waals surface area contributed by atoms with Gasteiger partial charge >= 0.3 is 0 Å². The standard InChI is InChI=1S/C22H14F2O3S/c1-28(26)17-9-4-14(5-10-17)22-20(13-2-6-15(23)7-3-13)21(25)18-11-8-16(24)12-19(18)27-22/h2-12H,1H3. The maximum absolute atomic E-state index is 13.7. The molecule has 0 saturated heterocycles. The van der Waals surface area contributed by atoms with E-state index >= 15 is 0 Å². The van der Waals surface area contributed by atoms with Gasteiger partial charge in [-0.1, -0.05) is 24.3 Å². The van der Waals surface area contributed by atoms with E-state index in [-0.39, 0.29) is 27.7 Å². The van der Waals surface area contributed by atoms with Gasteiger partial charge in [-0.3, -0.25) is 9.00 Å². The van der Waals surface area contributed by atoms with Crippen LogP contribution >= 0.6 is 0 Å². The summed E-state index contributed by atoms with van der Waals surface area (Å²) in [5.41, 5.74) is 1.08. The van der Waals surface area contributed by atoms with Crippen LogP contribution in [0.1, 0.15) is 0 Å². The fraction of sp³-hybridized carbons (Fsp3) is 0.0455. The van der Waals surface area contributed by atoms with Crippen LogP contribution in [0.15, 0.2) is 80.8 Å². The van der Waals surface area contributed by atoms with E-state index in [9.17, 15) is 17.8 Å². The number of benzene rings is 3. The van der Waals surface area contributed by atoms with Gasteiger partial charge in [-0.15, -0.1) is 0 Å². The number of hydrogen-bond acceptors (Lipinski definition) is 3. The summed E-state index contributed by atoms with van der Waals surface area (Å²) < 4.78 is 44.6. The summed E-state index contributed by atoms with van der Waals surface area (Å²) in [5, 5.41) is 0.232. The molecule has 1 unspecified atom stereocenters. The Morgan fingerprint density at radius 1 is 0.821 bits per heavy atom. The second-order valence-electron chi connectivity index (χ2n) is 6.26. The molecule has 4 aromatic rings. The summed E-state index contributed by atoms with van der Waals surface area (Å²) in [6.07, 6.45) is 1.57. The lowest BCUT2D eigenvalue weighted by Crippen LogP contribution is -2.07. The molecular weight excluding hydrogens is 382 g/mol. The van der Waals surface area contributed by atoms with Crippen molar-refractivity contribution >= 4 is 21.8 Å². The minimum Gasteiger partial charge on any atom is -0.455 e. The van der Waals surface area contributed by atoms with Gasteiger partial charge in [0.1, 0.15) is 23.0 Å². The summed E-state index contributed by atoms with van der Waals surface area (Å²) in [6, 6.07) is 16.0. The zero-order valence-corrected chi connectivity index (χ0v) is 15.6. The Kier molecular flexibility index (Phi) is 4.65. The van der Waals surface area contributed by atoms with Crippen LogP contribution < -0.4 is 5.43 Å². The van der Waals surface area contributed by atoms with Crippen molar-refractivity contribution in [2.24, 2.45) is 0 Å². The number of hydrogen-bond donors (Lipinski definition) is 0. The Balaban J connectivity index is 2.04. The number of rotatable bonds is 3. The molecular formula is C22H14F2O3S. The smallest absolute Gasteiger partial charge is 0.201 e. The molecule has 0 saturated carbocycles. The molecule has 0 N–H and O–H groups in total. The fourth-order valence-electron chi connectivity index (χ4n) is 3.05. The second kappa shape index (κ2) is 7.13. The predicted molar refractivity (Wildman–Crippen MR) is 106 cm³/mol. The lowest BCUT2D eigenvalue weighted by atomic mass is 9.98. The molecule has 0 bridgehead atoms. The van der Waals surface area contributed by atoms with Crippen LogP contribution in [0.3, 0.4) is 0 Å². The lowest BCUT2D eigenvalue weighted by molar-refractivity contribution is 0.600. The van der Waals surface area contributed by atoms with Gasteiger partial charge in [0.15, 0.2) is 0 Å². The van der Waals surface area contributed by atoms with Crippen molar-refractivity contribution in [3.8, 4) is 22.5 Å². The molecule has 0 radical (unpaired) electrons. The molecule has 3 aromatic carbocycles. The van der Waals surface area contributed by atoms with E-state index in [4.69, 9.17) is 4.42 Å². The van der Waals surface area contributed by atoms with E-state index < -0.39 is 22.4 Å². The van der Waals surface area contributed by atoms with Crippen LogP contribution in [0.5, 0.6) is 0 Å². The molecule has 1 aromatic heterocycles. The van der Waals surface area contributed by atoms with Gasteiger partial charge in [-0.05, 0) is 42.0 Å². The molecule has 0 fully saturated rings. The van der Waals surface area contributed by atoms with E-state index in [1.54, 1.807) is 30.5 Å². The number of fused-ring (bicyclic) bond motifs is 1. The molecule has 1 heterocycles. The summed E-state index contributed by atoms with van der Waals surface area (Å²) >= 11 is 0. The predicted octanol–water partition coefficient (Wildman–Crippen LogP) is 5.14. The summed E-state index contributed by atoms with van der Waals surface area (Å²) in [5.74, 6) is -0.705. The zero-order valence-electron chi connectivity index (χ0n) is 14.7. The SMILES string of the molecule is CS(=O)c1ccc(-c2oc3cc(F)ccc3c(=O)c2-c2ccc(F)cc2)cc1. The molecule has 4 rings (SSSR count). The minimum atomic E-state index is -1.15. The Morgan fingerprint density at radius 2 is 1.43 bits per heavy atom. The van der Waals surface area contributed by atoms with Gasteiger partial charge in [0.25, 0.3) is 0 Å².